The lowest BCUT2D eigenvalue weighted by molar-refractivity contribution is -0.121. The number of halogens is 1. The molecule has 1 atom stereocenters. The Morgan fingerprint density at radius 2 is 1.96 bits per heavy atom. The molecule has 1 saturated heterocycles. The minimum Gasteiger partial charge on any atom is -0.465 e. The van der Waals surface area contributed by atoms with Crippen LogP contribution in [0.4, 0.5) is 10.1 Å². The topological polar surface area (TPSA) is 58.6 Å². The summed E-state index contributed by atoms with van der Waals surface area (Å²) in [6.45, 7) is 4.15. The Morgan fingerprint density at radius 3 is 2.68 bits per heavy atom. The third-order valence-electron chi connectivity index (χ3n) is 5.11. The third-order valence-corrected chi connectivity index (χ3v) is 5.11. The van der Waals surface area contributed by atoms with E-state index < -0.39 is 5.97 Å². The molecule has 1 fully saturated rings. The zero-order valence-electron chi connectivity index (χ0n) is 16.2. The molecule has 1 heterocycles. The first-order valence-electron chi connectivity index (χ1n) is 9.43. The molecule has 3 rings (SSSR count). The number of likely N-dealkylation sites (tertiary alicyclic amines) is 1. The van der Waals surface area contributed by atoms with Crippen molar-refractivity contribution in [1.29, 1.82) is 0 Å². The van der Waals surface area contributed by atoms with Crippen molar-refractivity contribution < 1.29 is 18.7 Å². The summed E-state index contributed by atoms with van der Waals surface area (Å²) >= 11 is 0. The second-order valence-corrected chi connectivity index (χ2v) is 7.21. The van der Waals surface area contributed by atoms with Gasteiger partial charge in [-0.2, -0.15) is 0 Å². The highest BCUT2D eigenvalue weighted by Crippen LogP contribution is 2.23. The Balaban J connectivity index is 1.64. The lowest BCUT2D eigenvalue weighted by Gasteiger charge is -2.32. The molecule has 1 aliphatic rings. The largest absolute Gasteiger partial charge is 0.465 e. The van der Waals surface area contributed by atoms with Gasteiger partial charge in [0.2, 0.25) is 5.91 Å². The highest BCUT2D eigenvalue weighted by atomic mass is 19.1. The molecular weight excluding hydrogens is 359 g/mol. The summed E-state index contributed by atoms with van der Waals surface area (Å²) in [5, 5.41) is 2.97. The average Bonchev–Trinajstić information content (AvgIpc) is 2.71. The predicted octanol–water partition coefficient (Wildman–Crippen LogP) is 3.77. The van der Waals surface area contributed by atoms with Gasteiger partial charge in [0, 0.05) is 18.8 Å². The summed E-state index contributed by atoms with van der Waals surface area (Å²) in [6.07, 6.45) is 1.75. The molecule has 28 heavy (non-hydrogen) atoms. The number of carbonyl (C=O) groups excluding carboxylic acids is 2. The summed E-state index contributed by atoms with van der Waals surface area (Å²) in [6, 6.07) is 11.6. The van der Waals surface area contributed by atoms with Crippen LogP contribution >= 0.6 is 0 Å². The maximum Gasteiger partial charge on any atom is 0.337 e. The van der Waals surface area contributed by atoms with Gasteiger partial charge in [0.25, 0.3) is 0 Å². The first-order valence-corrected chi connectivity index (χ1v) is 9.43. The molecule has 6 heteroatoms. The molecule has 148 valence electrons. The van der Waals surface area contributed by atoms with E-state index in [0.29, 0.717) is 24.3 Å². The van der Waals surface area contributed by atoms with Crippen LogP contribution in [0.25, 0.3) is 0 Å². The number of nitrogens with one attached hydrogen (secondary N) is 1. The molecule has 2 aromatic rings. The highest BCUT2D eigenvalue weighted by Gasteiger charge is 2.26. The van der Waals surface area contributed by atoms with Crippen molar-refractivity contribution >= 4 is 17.6 Å². The van der Waals surface area contributed by atoms with Crippen molar-refractivity contribution in [2.75, 3.05) is 25.5 Å². The van der Waals surface area contributed by atoms with Crippen LogP contribution < -0.4 is 5.32 Å². The Bertz CT molecular complexity index is 851. The van der Waals surface area contributed by atoms with Gasteiger partial charge in [-0.3, -0.25) is 9.69 Å². The normalized spacial score (nSPS) is 17.2. The smallest absolute Gasteiger partial charge is 0.337 e. The van der Waals surface area contributed by atoms with Crippen LogP contribution in [0.15, 0.2) is 42.5 Å². The SMILES string of the molecule is COC(=O)c1ccc(C)c(NC(=O)[C@H]2CCCN(Cc3ccc(F)cc3)C2)c1. The minimum atomic E-state index is -0.432. The number of esters is 1. The zero-order chi connectivity index (χ0) is 20.1. The summed E-state index contributed by atoms with van der Waals surface area (Å²) < 4.78 is 17.8. The van der Waals surface area contributed by atoms with Crippen molar-refractivity contribution in [3.8, 4) is 0 Å². The van der Waals surface area contributed by atoms with Crippen LogP contribution in [0, 0.1) is 18.7 Å². The molecule has 1 aliphatic heterocycles. The number of piperidine rings is 1. The van der Waals surface area contributed by atoms with Gasteiger partial charge in [-0.25, -0.2) is 9.18 Å². The van der Waals surface area contributed by atoms with Crippen molar-refractivity contribution in [2.24, 2.45) is 5.92 Å². The van der Waals surface area contributed by atoms with E-state index in [0.717, 1.165) is 30.5 Å². The first-order chi connectivity index (χ1) is 13.5. The van der Waals surface area contributed by atoms with Crippen molar-refractivity contribution in [3.63, 3.8) is 0 Å². The minimum absolute atomic E-state index is 0.0473. The summed E-state index contributed by atoms with van der Waals surface area (Å²) in [7, 11) is 1.33. The van der Waals surface area contributed by atoms with Crippen LogP contribution in [0.2, 0.25) is 0 Å². The van der Waals surface area contributed by atoms with Crippen molar-refractivity contribution in [3.05, 3.63) is 65.0 Å². The second-order valence-electron chi connectivity index (χ2n) is 7.21. The number of rotatable bonds is 5. The number of ether oxygens (including phenoxy) is 1. The molecule has 0 saturated carbocycles. The van der Waals surface area contributed by atoms with Crippen LogP contribution in [-0.2, 0) is 16.1 Å². The van der Waals surface area contributed by atoms with Gasteiger partial charge < -0.3 is 10.1 Å². The predicted molar refractivity (Wildman–Crippen MR) is 106 cm³/mol. The number of hydrogen-bond acceptors (Lipinski definition) is 4. The Kier molecular flexibility index (Phi) is 6.41. The quantitative estimate of drug-likeness (QED) is 0.798. The molecular formula is C22H25FN2O3. The van der Waals surface area contributed by atoms with Gasteiger partial charge in [0.15, 0.2) is 0 Å². The van der Waals surface area contributed by atoms with E-state index in [1.54, 1.807) is 30.3 Å². The molecule has 0 aliphatic carbocycles. The monoisotopic (exact) mass is 384 g/mol. The lowest BCUT2D eigenvalue weighted by Crippen LogP contribution is -2.40. The summed E-state index contributed by atoms with van der Waals surface area (Å²) in [5.74, 6) is -0.854. The first kappa shape index (κ1) is 20.0. The van der Waals surface area contributed by atoms with Gasteiger partial charge in [-0.05, 0) is 61.7 Å². The maximum absolute atomic E-state index is 13.1. The van der Waals surface area contributed by atoms with E-state index in [9.17, 15) is 14.0 Å². The second kappa shape index (κ2) is 8.97. The van der Waals surface area contributed by atoms with Crippen molar-refractivity contribution in [1.82, 2.24) is 4.90 Å². The van der Waals surface area contributed by atoms with Gasteiger partial charge in [-0.15, -0.1) is 0 Å². The van der Waals surface area contributed by atoms with E-state index in [4.69, 9.17) is 4.74 Å². The number of carbonyl (C=O) groups is 2. The zero-order valence-corrected chi connectivity index (χ0v) is 16.2. The molecule has 0 bridgehead atoms. The number of hydrogen-bond donors (Lipinski definition) is 1. The fraction of sp³-hybridized carbons (Fsp3) is 0.364. The molecule has 5 nitrogen and oxygen atoms in total. The molecule has 1 amide bonds. The molecule has 0 spiro atoms. The van der Waals surface area contributed by atoms with E-state index in [2.05, 4.69) is 10.2 Å². The highest BCUT2D eigenvalue weighted by molar-refractivity contribution is 5.96. The number of methoxy groups -OCH3 is 1. The van der Waals surface area contributed by atoms with E-state index in [1.807, 2.05) is 6.92 Å². The number of nitrogens with zero attached hydrogens (tertiary/aromatic N) is 1. The van der Waals surface area contributed by atoms with Crippen LogP contribution in [0.3, 0.4) is 0 Å². The Hall–Kier alpha value is -2.73. The lowest BCUT2D eigenvalue weighted by atomic mass is 9.96. The van der Waals surface area contributed by atoms with Gasteiger partial charge in [0.1, 0.15) is 5.82 Å². The van der Waals surface area contributed by atoms with E-state index in [-0.39, 0.29) is 17.6 Å². The Labute approximate surface area is 164 Å². The fourth-order valence-corrected chi connectivity index (χ4v) is 3.50. The van der Waals surface area contributed by atoms with Crippen LogP contribution in [0.1, 0.15) is 34.3 Å². The summed E-state index contributed by atoms with van der Waals surface area (Å²) in [4.78, 5) is 26.8. The Morgan fingerprint density at radius 1 is 1.21 bits per heavy atom. The third kappa shape index (κ3) is 4.95. The molecule has 0 aromatic heterocycles. The maximum atomic E-state index is 13.1. The van der Waals surface area contributed by atoms with Gasteiger partial charge >= 0.3 is 5.97 Å². The van der Waals surface area contributed by atoms with Gasteiger partial charge in [0.05, 0.1) is 18.6 Å². The van der Waals surface area contributed by atoms with Gasteiger partial charge in [-0.1, -0.05) is 18.2 Å². The van der Waals surface area contributed by atoms with E-state index >= 15 is 0 Å². The number of aryl methyl sites for hydroxylation is 1. The summed E-state index contributed by atoms with van der Waals surface area (Å²) in [5.41, 5.74) is 2.96. The molecule has 1 N–H and O–H groups in total. The molecule has 0 unspecified atom stereocenters. The number of anilines is 1. The van der Waals surface area contributed by atoms with Crippen LogP contribution in [0.5, 0.6) is 0 Å². The number of amides is 1. The number of benzene rings is 2. The average molecular weight is 384 g/mol. The van der Waals surface area contributed by atoms with Crippen LogP contribution in [-0.4, -0.2) is 37.0 Å². The molecule has 0 radical (unpaired) electrons. The van der Waals surface area contributed by atoms with Crippen molar-refractivity contribution in [2.45, 2.75) is 26.3 Å². The molecule has 2 aromatic carbocycles. The standard InChI is InChI=1S/C22H25FN2O3/c1-15-5-8-17(22(27)28-2)12-20(15)24-21(26)18-4-3-11-25(14-18)13-16-6-9-19(23)10-7-16/h5-10,12,18H,3-4,11,13-14H2,1-2H3,(H,24,26)/t18-/m0/s1. The van der Waals surface area contributed by atoms with E-state index in [1.165, 1.54) is 19.2 Å². The fourth-order valence-electron chi connectivity index (χ4n) is 3.50.